The highest BCUT2D eigenvalue weighted by molar-refractivity contribution is 7.17. The molecule has 0 saturated carbocycles. The number of nitrogens with zero attached hydrogens (tertiary/aromatic N) is 1. The first-order valence-corrected chi connectivity index (χ1v) is 6.84. The Labute approximate surface area is 116 Å². The first-order valence-electron chi connectivity index (χ1n) is 6.03. The molecule has 5 heteroatoms. The summed E-state index contributed by atoms with van der Waals surface area (Å²) in [4.78, 5) is 5.37. The van der Waals surface area contributed by atoms with Crippen LogP contribution in [-0.2, 0) is 0 Å². The molecule has 0 atom stereocenters. The van der Waals surface area contributed by atoms with Crippen LogP contribution in [0.5, 0.6) is 5.75 Å². The number of benzene rings is 1. The standard InChI is InChI=1S/C14H17N3OS/c1-8(2)11-12(13(15)16)19-14(17-11)9-6-4-5-7-10(9)18-3/h4-8H,1-3H3,(H3,15,16). The van der Waals surface area contributed by atoms with Gasteiger partial charge < -0.3 is 10.5 Å². The second-order valence-corrected chi connectivity index (χ2v) is 5.50. The third-order valence-electron chi connectivity index (χ3n) is 2.78. The average molecular weight is 275 g/mol. The van der Waals surface area contributed by atoms with Crippen LogP contribution in [0, 0.1) is 5.41 Å². The monoisotopic (exact) mass is 275 g/mol. The van der Waals surface area contributed by atoms with Crippen molar-refractivity contribution in [2.75, 3.05) is 7.11 Å². The number of hydrogen-bond donors (Lipinski definition) is 2. The molecule has 2 rings (SSSR count). The molecular formula is C14H17N3OS. The zero-order valence-electron chi connectivity index (χ0n) is 11.2. The van der Waals surface area contributed by atoms with E-state index in [0.29, 0.717) is 0 Å². The van der Waals surface area contributed by atoms with E-state index in [1.54, 1.807) is 7.11 Å². The fraction of sp³-hybridized carbons (Fsp3) is 0.286. The summed E-state index contributed by atoms with van der Waals surface area (Å²) in [6, 6.07) is 7.73. The molecule has 0 aliphatic heterocycles. The fourth-order valence-electron chi connectivity index (χ4n) is 1.85. The molecule has 0 saturated heterocycles. The predicted molar refractivity (Wildman–Crippen MR) is 79.2 cm³/mol. The number of thiazole rings is 1. The van der Waals surface area contributed by atoms with Crippen LogP contribution in [0.15, 0.2) is 24.3 Å². The van der Waals surface area contributed by atoms with E-state index in [4.69, 9.17) is 15.9 Å². The number of rotatable bonds is 4. The highest BCUT2D eigenvalue weighted by Gasteiger charge is 2.18. The Bertz CT molecular complexity index is 604. The molecule has 100 valence electrons. The summed E-state index contributed by atoms with van der Waals surface area (Å²) >= 11 is 1.44. The van der Waals surface area contributed by atoms with E-state index in [2.05, 4.69) is 4.98 Å². The van der Waals surface area contributed by atoms with Crippen molar-refractivity contribution in [2.45, 2.75) is 19.8 Å². The van der Waals surface area contributed by atoms with Gasteiger partial charge in [0.2, 0.25) is 0 Å². The summed E-state index contributed by atoms with van der Waals surface area (Å²) in [5.41, 5.74) is 7.44. The topological polar surface area (TPSA) is 72.0 Å². The van der Waals surface area contributed by atoms with Crippen LogP contribution in [0.1, 0.15) is 30.3 Å². The van der Waals surface area contributed by atoms with Gasteiger partial charge in [-0.05, 0) is 18.1 Å². The number of amidine groups is 1. The van der Waals surface area contributed by atoms with Gasteiger partial charge in [0.15, 0.2) is 0 Å². The molecule has 1 aromatic heterocycles. The number of para-hydroxylation sites is 1. The quantitative estimate of drug-likeness (QED) is 0.664. The van der Waals surface area contributed by atoms with Crippen molar-refractivity contribution in [1.29, 1.82) is 5.41 Å². The van der Waals surface area contributed by atoms with Gasteiger partial charge >= 0.3 is 0 Å². The van der Waals surface area contributed by atoms with Crippen molar-refractivity contribution in [1.82, 2.24) is 4.98 Å². The number of hydrogen-bond acceptors (Lipinski definition) is 4. The molecule has 0 aliphatic rings. The van der Waals surface area contributed by atoms with Crippen molar-refractivity contribution in [3.63, 3.8) is 0 Å². The lowest BCUT2D eigenvalue weighted by molar-refractivity contribution is 0.416. The highest BCUT2D eigenvalue weighted by Crippen LogP contribution is 2.36. The van der Waals surface area contributed by atoms with Crippen LogP contribution >= 0.6 is 11.3 Å². The van der Waals surface area contributed by atoms with E-state index in [9.17, 15) is 0 Å². The average Bonchev–Trinajstić information content (AvgIpc) is 2.84. The van der Waals surface area contributed by atoms with E-state index >= 15 is 0 Å². The zero-order valence-corrected chi connectivity index (χ0v) is 12.0. The molecule has 0 bridgehead atoms. The summed E-state index contributed by atoms with van der Waals surface area (Å²) in [5, 5.41) is 8.50. The second kappa shape index (κ2) is 5.40. The smallest absolute Gasteiger partial charge is 0.135 e. The van der Waals surface area contributed by atoms with Crippen molar-refractivity contribution < 1.29 is 4.74 Å². The van der Waals surface area contributed by atoms with Crippen molar-refractivity contribution in [3.8, 4) is 16.3 Å². The van der Waals surface area contributed by atoms with Gasteiger partial charge in [0.05, 0.1) is 23.2 Å². The maximum Gasteiger partial charge on any atom is 0.135 e. The first-order chi connectivity index (χ1) is 9.04. The number of nitrogens with two attached hydrogens (primary N) is 1. The summed E-state index contributed by atoms with van der Waals surface area (Å²) < 4.78 is 5.35. The van der Waals surface area contributed by atoms with E-state index in [0.717, 1.165) is 26.9 Å². The Morgan fingerprint density at radius 2 is 2.05 bits per heavy atom. The molecule has 0 spiro atoms. The third kappa shape index (κ3) is 2.61. The SMILES string of the molecule is COc1ccccc1-c1nc(C(C)C)c(C(=N)N)s1. The second-order valence-electron chi connectivity index (χ2n) is 4.50. The fourth-order valence-corrected chi connectivity index (χ4v) is 2.96. The molecule has 2 aromatic rings. The van der Waals surface area contributed by atoms with Crippen molar-refractivity contribution in [3.05, 3.63) is 34.8 Å². The number of nitrogens with one attached hydrogen (secondary N) is 1. The van der Waals surface area contributed by atoms with Crippen LogP contribution in [0.3, 0.4) is 0 Å². The molecule has 1 aromatic carbocycles. The maximum absolute atomic E-state index is 7.66. The molecule has 0 aliphatic carbocycles. The molecule has 0 unspecified atom stereocenters. The van der Waals surface area contributed by atoms with Gasteiger partial charge in [-0.15, -0.1) is 11.3 Å². The Balaban J connectivity index is 2.57. The Morgan fingerprint density at radius 3 is 2.58 bits per heavy atom. The Hall–Kier alpha value is -1.88. The molecule has 3 N–H and O–H groups in total. The minimum absolute atomic E-state index is 0.0716. The number of ether oxygens (including phenoxy) is 1. The lowest BCUT2D eigenvalue weighted by Crippen LogP contribution is -2.12. The van der Waals surface area contributed by atoms with Crippen molar-refractivity contribution in [2.24, 2.45) is 5.73 Å². The molecule has 1 heterocycles. The molecule has 19 heavy (non-hydrogen) atoms. The molecule has 0 amide bonds. The predicted octanol–water partition coefficient (Wildman–Crippen LogP) is 3.23. The number of aromatic nitrogens is 1. The minimum Gasteiger partial charge on any atom is -0.496 e. The number of methoxy groups -OCH3 is 1. The van der Waals surface area contributed by atoms with Gasteiger partial charge in [-0.25, -0.2) is 4.98 Å². The van der Waals surface area contributed by atoms with Gasteiger partial charge in [-0.2, -0.15) is 0 Å². The summed E-state index contributed by atoms with van der Waals surface area (Å²) in [6.07, 6.45) is 0. The van der Waals surface area contributed by atoms with E-state index in [1.165, 1.54) is 11.3 Å². The molecule has 0 radical (unpaired) electrons. The lowest BCUT2D eigenvalue weighted by Gasteiger charge is -2.04. The van der Waals surface area contributed by atoms with Crippen LogP contribution in [0.25, 0.3) is 10.6 Å². The summed E-state index contributed by atoms with van der Waals surface area (Å²) in [5.74, 6) is 1.09. The van der Waals surface area contributed by atoms with Gasteiger partial charge in [-0.3, -0.25) is 5.41 Å². The summed E-state index contributed by atoms with van der Waals surface area (Å²) in [6.45, 7) is 4.10. The molecule has 0 fully saturated rings. The Morgan fingerprint density at radius 1 is 1.37 bits per heavy atom. The number of nitrogen functional groups attached to an aromatic ring is 1. The zero-order chi connectivity index (χ0) is 14.0. The van der Waals surface area contributed by atoms with Gasteiger partial charge in [0, 0.05) is 0 Å². The van der Waals surface area contributed by atoms with E-state index in [1.807, 2.05) is 38.1 Å². The molecule has 4 nitrogen and oxygen atoms in total. The highest BCUT2D eigenvalue weighted by atomic mass is 32.1. The normalized spacial score (nSPS) is 10.7. The first kappa shape index (κ1) is 13.5. The van der Waals surface area contributed by atoms with Crippen LogP contribution in [0.2, 0.25) is 0 Å². The lowest BCUT2D eigenvalue weighted by atomic mass is 10.1. The minimum atomic E-state index is 0.0716. The Kier molecular flexibility index (Phi) is 3.85. The largest absolute Gasteiger partial charge is 0.496 e. The maximum atomic E-state index is 7.66. The molecular weight excluding hydrogens is 258 g/mol. The third-order valence-corrected chi connectivity index (χ3v) is 3.92. The van der Waals surface area contributed by atoms with E-state index in [-0.39, 0.29) is 11.8 Å². The van der Waals surface area contributed by atoms with Gasteiger partial charge in [-0.1, -0.05) is 26.0 Å². The van der Waals surface area contributed by atoms with Crippen molar-refractivity contribution >= 4 is 17.2 Å². The van der Waals surface area contributed by atoms with Crippen LogP contribution in [-0.4, -0.2) is 17.9 Å². The summed E-state index contributed by atoms with van der Waals surface area (Å²) in [7, 11) is 1.64. The van der Waals surface area contributed by atoms with Gasteiger partial charge in [0.25, 0.3) is 0 Å². The van der Waals surface area contributed by atoms with Crippen LogP contribution in [0.4, 0.5) is 0 Å². The van der Waals surface area contributed by atoms with E-state index < -0.39 is 0 Å². The van der Waals surface area contributed by atoms with Gasteiger partial charge in [0.1, 0.15) is 16.6 Å². The van der Waals surface area contributed by atoms with Crippen LogP contribution < -0.4 is 10.5 Å².